The number of benzene rings is 1. The van der Waals surface area contributed by atoms with Gasteiger partial charge in [-0.1, -0.05) is 23.7 Å². The van der Waals surface area contributed by atoms with E-state index in [9.17, 15) is 8.42 Å². The monoisotopic (exact) mass is 324 g/mol. The van der Waals surface area contributed by atoms with Crippen LogP contribution >= 0.6 is 11.6 Å². The maximum Gasteiger partial charge on any atom is 0.285 e. The van der Waals surface area contributed by atoms with Crippen LogP contribution in [0.1, 0.15) is 11.3 Å². The molecule has 1 aliphatic heterocycles. The molecule has 0 radical (unpaired) electrons. The number of sulfonamides is 1. The zero-order valence-electron chi connectivity index (χ0n) is 11.5. The molecule has 0 bridgehead atoms. The van der Waals surface area contributed by atoms with Crippen molar-refractivity contribution in [3.8, 4) is 0 Å². The van der Waals surface area contributed by atoms with Gasteiger partial charge in [0.25, 0.3) is 10.0 Å². The van der Waals surface area contributed by atoms with Crippen molar-refractivity contribution in [2.45, 2.75) is 18.4 Å². The molecule has 21 heavy (non-hydrogen) atoms. The first-order valence-corrected chi connectivity index (χ1v) is 8.06. The fraction of sp³-hybridized carbons (Fsp3) is 0.231. The van der Waals surface area contributed by atoms with Gasteiger partial charge in [0.2, 0.25) is 0 Å². The Hall–Kier alpha value is -1.86. The third-order valence-electron chi connectivity index (χ3n) is 3.38. The van der Waals surface area contributed by atoms with Gasteiger partial charge < -0.3 is 4.90 Å². The Kier molecular flexibility index (Phi) is 3.26. The highest BCUT2D eigenvalue weighted by atomic mass is 35.5. The van der Waals surface area contributed by atoms with Gasteiger partial charge in [-0.2, -0.15) is 13.5 Å². The van der Waals surface area contributed by atoms with Gasteiger partial charge in [-0.05, 0) is 19.1 Å². The van der Waals surface area contributed by atoms with Crippen LogP contribution in [0, 0.1) is 6.92 Å². The summed E-state index contributed by atoms with van der Waals surface area (Å²) < 4.78 is 29.1. The highest BCUT2D eigenvalue weighted by Gasteiger charge is 2.26. The molecule has 8 heteroatoms. The van der Waals surface area contributed by atoms with Crippen LogP contribution < -0.4 is 4.90 Å². The average molecular weight is 325 g/mol. The predicted octanol–water partition coefficient (Wildman–Crippen LogP) is 2.12. The molecule has 0 fully saturated rings. The second-order valence-electron chi connectivity index (χ2n) is 4.77. The Morgan fingerprint density at radius 3 is 2.67 bits per heavy atom. The van der Waals surface area contributed by atoms with Crippen LogP contribution in [0.4, 0.5) is 5.69 Å². The lowest BCUT2D eigenvalue weighted by Crippen LogP contribution is -2.26. The molecule has 0 N–H and O–H groups in total. The van der Waals surface area contributed by atoms with E-state index in [1.807, 2.05) is 6.92 Å². The number of aromatic nitrogens is 2. The summed E-state index contributed by atoms with van der Waals surface area (Å²) in [5, 5.41) is 4.79. The van der Waals surface area contributed by atoms with Crippen LogP contribution in [0.15, 0.2) is 33.6 Å². The van der Waals surface area contributed by atoms with Gasteiger partial charge >= 0.3 is 0 Å². The van der Waals surface area contributed by atoms with Crippen molar-refractivity contribution in [2.75, 3.05) is 4.90 Å². The van der Waals surface area contributed by atoms with Crippen LogP contribution in [0.5, 0.6) is 0 Å². The molecule has 0 saturated heterocycles. The topological polar surface area (TPSA) is 67.6 Å². The van der Waals surface area contributed by atoms with Crippen LogP contribution in [-0.2, 0) is 23.6 Å². The Morgan fingerprint density at radius 1 is 1.29 bits per heavy atom. The zero-order valence-corrected chi connectivity index (χ0v) is 13.1. The molecule has 6 nitrogen and oxygen atoms in total. The lowest BCUT2D eigenvalue weighted by Gasteiger charge is -2.24. The number of rotatable bonds is 2. The molecular formula is C13H13ClN4O2S. The third kappa shape index (κ3) is 2.32. The van der Waals surface area contributed by atoms with Crippen LogP contribution in [-0.4, -0.2) is 24.5 Å². The molecule has 1 aromatic heterocycles. The first-order valence-electron chi connectivity index (χ1n) is 6.24. The van der Waals surface area contributed by atoms with E-state index in [1.54, 1.807) is 40.9 Å². The maximum absolute atomic E-state index is 11.9. The second kappa shape index (κ2) is 4.85. The summed E-state index contributed by atoms with van der Waals surface area (Å²) in [6.07, 6.45) is 1.32. The van der Waals surface area contributed by atoms with Gasteiger partial charge in [-0.15, -0.1) is 4.40 Å². The summed E-state index contributed by atoms with van der Waals surface area (Å²) >= 11 is 6.23. The highest BCUT2D eigenvalue weighted by molar-refractivity contribution is 7.90. The molecule has 3 rings (SSSR count). The molecule has 0 aliphatic carbocycles. The second-order valence-corrected chi connectivity index (χ2v) is 6.73. The number of fused-ring (bicyclic) bond motifs is 1. The smallest absolute Gasteiger partial charge is 0.285 e. The number of halogens is 1. The SMILES string of the molecule is Cc1nn(C)c(Cl)c1CN1C=NS(=O)(=O)c2ccccc21. The van der Waals surface area contributed by atoms with E-state index < -0.39 is 10.0 Å². The van der Waals surface area contributed by atoms with Gasteiger partial charge in [-0.25, -0.2) is 0 Å². The van der Waals surface area contributed by atoms with E-state index in [0.717, 1.165) is 11.3 Å². The van der Waals surface area contributed by atoms with Crippen molar-refractivity contribution in [3.05, 3.63) is 40.7 Å². The minimum atomic E-state index is -3.61. The average Bonchev–Trinajstić information content (AvgIpc) is 2.68. The van der Waals surface area contributed by atoms with Crippen molar-refractivity contribution in [1.82, 2.24) is 9.78 Å². The number of aryl methyl sites for hydroxylation is 2. The van der Waals surface area contributed by atoms with Crippen molar-refractivity contribution in [3.63, 3.8) is 0 Å². The van der Waals surface area contributed by atoms with E-state index in [4.69, 9.17) is 11.6 Å². The number of hydrogen-bond acceptors (Lipinski definition) is 4. The lowest BCUT2D eigenvalue weighted by molar-refractivity contribution is 0.597. The summed E-state index contributed by atoms with van der Waals surface area (Å²) in [5.74, 6) is 0. The van der Waals surface area contributed by atoms with Gasteiger partial charge in [-0.3, -0.25) is 4.68 Å². The van der Waals surface area contributed by atoms with E-state index in [2.05, 4.69) is 9.50 Å². The molecule has 1 aromatic carbocycles. The molecule has 2 aromatic rings. The Labute approximate surface area is 127 Å². The van der Waals surface area contributed by atoms with Gasteiger partial charge in [0, 0.05) is 12.6 Å². The molecule has 0 amide bonds. The van der Waals surface area contributed by atoms with Crippen molar-refractivity contribution in [1.29, 1.82) is 0 Å². The fourth-order valence-corrected chi connectivity index (χ4v) is 3.59. The van der Waals surface area contributed by atoms with Crippen LogP contribution in [0.3, 0.4) is 0 Å². The summed E-state index contributed by atoms with van der Waals surface area (Å²) in [7, 11) is -1.84. The zero-order chi connectivity index (χ0) is 15.2. The van der Waals surface area contributed by atoms with E-state index in [0.29, 0.717) is 17.4 Å². The number of anilines is 1. The molecule has 0 saturated carbocycles. The highest BCUT2D eigenvalue weighted by Crippen LogP contribution is 2.31. The molecule has 0 atom stereocenters. The van der Waals surface area contributed by atoms with Crippen molar-refractivity contribution >= 4 is 33.7 Å². The molecule has 1 aliphatic rings. The molecule has 2 heterocycles. The molecule has 0 unspecified atom stereocenters. The van der Waals surface area contributed by atoms with E-state index in [1.165, 1.54) is 6.34 Å². The number of nitrogens with zero attached hydrogens (tertiary/aromatic N) is 4. The fourth-order valence-electron chi connectivity index (χ4n) is 2.30. The summed E-state index contributed by atoms with van der Waals surface area (Å²) in [5.41, 5.74) is 2.24. The summed E-state index contributed by atoms with van der Waals surface area (Å²) in [6.45, 7) is 2.28. The quantitative estimate of drug-likeness (QED) is 0.848. The summed E-state index contributed by atoms with van der Waals surface area (Å²) in [6, 6.07) is 6.76. The normalized spacial score (nSPS) is 16.0. The minimum absolute atomic E-state index is 0.199. The maximum atomic E-state index is 11.9. The Morgan fingerprint density at radius 2 is 2.00 bits per heavy atom. The first kappa shape index (κ1) is 14.1. The Balaban J connectivity index is 2.05. The standard InChI is InChI=1S/C13H13ClN4O2S/c1-9-10(13(14)17(2)16-9)7-18-8-15-21(19,20)12-6-4-3-5-11(12)18/h3-6,8H,7H2,1-2H3. The van der Waals surface area contributed by atoms with Crippen LogP contribution in [0.2, 0.25) is 5.15 Å². The first-order chi connectivity index (χ1) is 9.90. The van der Waals surface area contributed by atoms with Crippen LogP contribution in [0.25, 0.3) is 0 Å². The number of hydrogen-bond donors (Lipinski definition) is 0. The third-order valence-corrected chi connectivity index (χ3v) is 5.12. The summed E-state index contributed by atoms with van der Waals surface area (Å²) in [4.78, 5) is 1.96. The minimum Gasteiger partial charge on any atom is -0.326 e. The van der Waals surface area contributed by atoms with Crippen molar-refractivity contribution in [2.24, 2.45) is 11.4 Å². The van der Waals surface area contributed by atoms with Gasteiger partial charge in [0.05, 0.1) is 17.9 Å². The van der Waals surface area contributed by atoms with Gasteiger partial charge in [0.1, 0.15) is 16.4 Å². The predicted molar refractivity (Wildman–Crippen MR) is 81.3 cm³/mol. The molecule has 110 valence electrons. The largest absolute Gasteiger partial charge is 0.326 e. The molecule has 0 spiro atoms. The van der Waals surface area contributed by atoms with E-state index in [-0.39, 0.29) is 4.90 Å². The van der Waals surface area contributed by atoms with Gasteiger partial charge in [0.15, 0.2) is 0 Å². The lowest BCUT2D eigenvalue weighted by atomic mass is 10.2. The van der Waals surface area contributed by atoms with Crippen molar-refractivity contribution < 1.29 is 8.42 Å². The molecular weight excluding hydrogens is 312 g/mol. The van der Waals surface area contributed by atoms with E-state index >= 15 is 0 Å². The Bertz CT molecular complexity index is 842. The number of para-hydroxylation sites is 1.